The maximum atomic E-state index is 6.39. The zero-order valence-corrected chi connectivity index (χ0v) is 24.6. The minimum absolute atomic E-state index is 0.0264. The van der Waals surface area contributed by atoms with Gasteiger partial charge in [0.15, 0.2) is 0 Å². The van der Waals surface area contributed by atoms with E-state index in [0.29, 0.717) is 12.5 Å². The minimum Gasteiger partial charge on any atom is -0.491 e. The number of ether oxygens (including phenoxy) is 1. The van der Waals surface area contributed by atoms with Gasteiger partial charge in [0.05, 0.1) is 18.0 Å². The van der Waals surface area contributed by atoms with Crippen molar-refractivity contribution >= 4 is 16.6 Å². The molecule has 1 atom stereocenters. The largest absolute Gasteiger partial charge is 0.491 e. The summed E-state index contributed by atoms with van der Waals surface area (Å²) < 4.78 is 6.39. The van der Waals surface area contributed by atoms with Crippen molar-refractivity contribution in [1.29, 1.82) is 0 Å². The van der Waals surface area contributed by atoms with Crippen LogP contribution in [0, 0.1) is 17.3 Å². The van der Waals surface area contributed by atoms with Crippen LogP contribution in [0.15, 0.2) is 71.3 Å². The Balaban J connectivity index is 1.66. The number of fused-ring (bicyclic) bond motifs is 1. The fourth-order valence-corrected chi connectivity index (χ4v) is 4.82. The second-order valence-electron chi connectivity index (χ2n) is 11.7. The molecule has 0 radical (unpaired) electrons. The van der Waals surface area contributed by atoms with Crippen molar-refractivity contribution < 1.29 is 4.74 Å². The van der Waals surface area contributed by atoms with Crippen molar-refractivity contribution in [3.63, 3.8) is 0 Å². The first-order valence-electron chi connectivity index (χ1n) is 14.6. The van der Waals surface area contributed by atoms with Gasteiger partial charge in [-0.3, -0.25) is 4.99 Å². The summed E-state index contributed by atoms with van der Waals surface area (Å²) in [6.45, 7) is 13.9. The maximum Gasteiger partial charge on any atom is 0.145 e. The number of pyridine rings is 1. The van der Waals surface area contributed by atoms with E-state index < -0.39 is 0 Å². The molecular weight excluding hydrogens is 466 g/mol. The number of aliphatic imine (C=N–C) groups is 1. The van der Waals surface area contributed by atoms with E-state index in [0.717, 1.165) is 66.3 Å². The summed E-state index contributed by atoms with van der Waals surface area (Å²) in [7, 11) is 1.88. The molecule has 3 rings (SSSR count). The highest BCUT2D eigenvalue weighted by atomic mass is 16.5. The number of aromatic nitrogens is 1. The van der Waals surface area contributed by atoms with E-state index in [2.05, 4.69) is 99.6 Å². The Labute approximate surface area is 231 Å². The van der Waals surface area contributed by atoms with E-state index in [1.54, 1.807) is 0 Å². The zero-order chi connectivity index (χ0) is 27.4. The van der Waals surface area contributed by atoms with E-state index in [9.17, 15) is 0 Å². The molecule has 4 heteroatoms. The lowest BCUT2D eigenvalue weighted by Crippen LogP contribution is -2.34. The number of para-hydroxylation sites is 1. The molecule has 0 fully saturated rings. The summed E-state index contributed by atoms with van der Waals surface area (Å²) in [5.41, 5.74) is 4.35. The van der Waals surface area contributed by atoms with Crippen LogP contribution in [-0.4, -0.2) is 37.4 Å². The molecule has 206 valence electrons. The van der Waals surface area contributed by atoms with E-state index in [1.165, 1.54) is 24.8 Å². The number of nitrogens with zero attached hydrogens (tertiary/aromatic N) is 2. The molecule has 0 bridgehead atoms. The van der Waals surface area contributed by atoms with Gasteiger partial charge in [-0.05, 0) is 62.3 Å². The van der Waals surface area contributed by atoms with Crippen LogP contribution in [0.4, 0.5) is 0 Å². The van der Waals surface area contributed by atoms with E-state index in [-0.39, 0.29) is 5.41 Å². The normalized spacial score (nSPS) is 17.2. The third-order valence-corrected chi connectivity index (χ3v) is 7.14. The molecule has 38 heavy (non-hydrogen) atoms. The van der Waals surface area contributed by atoms with Gasteiger partial charge in [-0.1, -0.05) is 89.6 Å². The van der Waals surface area contributed by atoms with Gasteiger partial charge in [-0.25, -0.2) is 4.98 Å². The highest BCUT2D eigenvalue weighted by molar-refractivity contribution is 6.01. The van der Waals surface area contributed by atoms with Crippen LogP contribution in [-0.2, 0) is 0 Å². The lowest BCUT2D eigenvalue weighted by molar-refractivity contribution is 0.177. The molecule has 1 aliphatic rings. The highest BCUT2D eigenvalue weighted by Crippen LogP contribution is 2.28. The monoisotopic (exact) mass is 515 g/mol. The van der Waals surface area contributed by atoms with Crippen LogP contribution in [0.2, 0.25) is 0 Å². The van der Waals surface area contributed by atoms with Crippen molar-refractivity contribution in [3.8, 4) is 5.75 Å². The molecule has 1 aliphatic carbocycles. The number of benzene rings is 1. The Hall–Kier alpha value is -2.72. The number of hydrogen-bond donors (Lipinski definition) is 1. The number of allylic oxidation sites excluding steroid dienone is 6. The summed E-state index contributed by atoms with van der Waals surface area (Å²) in [5.74, 6) is 2.04. The average Bonchev–Trinajstić information content (AvgIpc) is 2.91. The van der Waals surface area contributed by atoms with Crippen LogP contribution in [0.5, 0.6) is 5.75 Å². The van der Waals surface area contributed by atoms with Crippen molar-refractivity contribution in [2.45, 2.75) is 73.1 Å². The molecule has 0 saturated carbocycles. The van der Waals surface area contributed by atoms with Crippen LogP contribution >= 0.6 is 0 Å². The quantitative estimate of drug-likeness (QED) is 0.191. The molecule has 2 aromatic rings. The first-order valence-corrected chi connectivity index (χ1v) is 14.6. The lowest BCUT2D eigenvalue weighted by atomic mass is 9.88. The molecule has 0 amide bonds. The Morgan fingerprint density at radius 2 is 2.03 bits per heavy atom. The second kappa shape index (κ2) is 15.0. The van der Waals surface area contributed by atoms with Crippen molar-refractivity contribution in [3.05, 3.63) is 72.0 Å². The number of nitrogens with one attached hydrogen (secondary N) is 1. The molecule has 0 saturated heterocycles. The molecule has 0 aliphatic heterocycles. The SMILES string of the molecule is CCCC=C1C=CC=CC1CCC(=NC)c1ccc2cccc(OCC(C)(C)CNCCCC(C)C)c2n1. The lowest BCUT2D eigenvalue weighted by Gasteiger charge is -2.25. The second-order valence-corrected chi connectivity index (χ2v) is 11.7. The molecule has 1 aromatic heterocycles. The van der Waals surface area contributed by atoms with Crippen molar-refractivity contribution in [2.75, 3.05) is 26.7 Å². The van der Waals surface area contributed by atoms with Gasteiger partial charge in [0.2, 0.25) is 0 Å². The van der Waals surface area contributed by atoms with E-state index in [1.807, 2.05) is 13.1 Å². The van der Waals surface area contributed by atoms with Crippen LogP contribution in [0.1, 0.15) is 78.8 Å². The first-order chi connectivity index (χ1) is 18.3. The molecule has 0 spiro atoms. The Morgan fingerprint density at radius 3 is 2.79 bits per heavy atom. The first kappa shape index (κ1) is 29.8. The fourth-order valence-electron chi connectivity index (χ4n) is 4.82. The fraction of sp³-hybridized carbons (Fsp3) is 0.529. The number of rotatable bonds is 15. The Kier molecular flexibility index (Phi) is 11.8. The number of unbranched alkanes of at least 4 members (excludes halogenated alkanes) is 1. The molecule has 1 unspecified atom stereocenters. The van der Waals surface area contributed by atoms with Gasteiger partial charge in [0, 0.05) is 30.3 Å². The topological polar surface area (TPSA) is 46.5 Å². The smallest absolute Gasteiger partial charge is 0.145 e. The summed E-state index contributed by atoms with van der Waals surface area (Å²) >= 11 is 0. The Bertz CT molecular complexity index is 1140. The van der Waals surface area contributed by atoms with Gasteiger partial charge in [-0.2, -0.15) is 0 Å². The van der Waals surface area contributed by atoms with Gasteiger partial charge >= 0.3 is 0 Å². The summed E-state index contributed by atoms with van der Waals surface area (Å²) in [5, 5.41) is 4.71. The predicted molar refractivity (Wildman–Crippen MR) is 164 cm³/mol. The summed E-state index contributed by atoms with van der Waals surface area (Å²) in [6.07, 6.45) is 18.0. The van der Waals surface area contributed by atoms with Crippen molar-refractivity contribution in [2.24, 2.45) is 22.2 Å². The van der Waals surface area contributed by atoms with Gasteiger partial charge < -0.3 is 10.1 Å². The third kappa shape index (κ3) is 9.23. The predicted octanol–water partition coefficient (Wildman–Crippen LogP) is 8.33. The van der Waals surface area contributed by atoms with E-state index >= 15 is 0 Å². The van der Waals surface area contributed by atoms with Crippen LogP contribution in [0.25, 0.3) is 10.9 Å². The molecule has 4 nitrogen and oxygen atoms in total. The molecule has 1 aromatic carbocycles. The average molecular weight is 516 g/mol. The minimum atomic E-state index is 0.0264. The van der Waals surface area contributed by atoms with Crippen molar-refractivity contribution in [1.82, 2.24) is 10.3 Å². The molecule has 1 N–H and O–H groups in total. The van der Waals surface area contributed by atoms with Crippen LogP contribution in [0.3, 0.4) is 0 Å². The third-order valence-electron chi connectivity index (χ3n) is 7.14. The van der Waals surface area contributed by atoms with Crippen LogP contribution < -0.4 is 10.1 Å². The van der Waals surface area contributed by atoms with Gasteiger partial charge in [-0.15, -0.1) is 0 Å². The maximum absolute atomic E-state index is 6.39. The summed E-state index contributed by atoms with van der Waals surface area (Å²) in [6, 6.07) is 10.4. The highest BCUT2D eigenvalue weighted by Gasteiger charge is 2.20. The van der Waals surface area contributed by atoms with E-state index in [4.69, 9.17) is 9.72 Å². The summed E-state index contributed by atoms with van der Waals surface area (Å²) in [4.78, 5) is 9.72. The van der Waals surface area contributed by atoms with Gasteiger partial charge in [0.1, 0.15) is 11.3 Å². The van der Waals surface area contributed by atoms with Gasteiger partial charge in [0.25, 0.3) is 0 Å². The Morgan fingerprint density at radius 1 is 1.18 bits per heavy atom. The number of hydrogen-bond acceptors (Lipinski definition) is 4. The molecule has 1 heterocycles. The standard InChI is InChI=1S/C34H49N3O/c1-7-8-14-27-15-9-10-16-28(27)19-21-30(35-6)31-22-20-29-17-11-18-32(33(29)37-31)38-25-34(4,5)24-36-23-12-13-26(2)3/h9-11,14-18,20,22,26,28,36H,7-8,12-13,19,21,23-25H2,1-6H3. The zero-order valence-electron chi connectivity index (χ0n) is 24.6. The molecular formula is C34H49N3O.